The van der Waals surface area contributed by atoms with Gasteiger partial charge in [0.1, 0.15) is 5.82 Å². The van der Waals surface area contributed by atoms with E-state index in [0.29, 0.717) is 5.69 Å². The van der Waals surface area contributed by atoms with Crippen LogP contribution in [-0.2, 0) is 9.59 Å². The van der Waals surface area contributed by atoms with Gasteiger partial charge in [0.15, 0.2) is 0 Å². The molecule has 0 radical (unpaired) electrons. The smallest absolute Gasteiger partial charge is 0.303 e. The Morgan fingerprint density at radius 2 is 1.88 bits per heavy atom. The molecule has 0 saturated heterocycles. The van der Waals surface area contributed by atoms with Crippen molar-refractivity contribution >= 4 is 28.6 Å². The quantitative estimate of drug-likeness (QED) is 0.671. The molecule has 3 N–H and O–H groups in total. The van der Waals surface area contributed by atoms with Crippen molar-refractivity contribution < 1.29 is 14.7 Å². The molecule has 2 aromatic carbocycles. The number of hydrogen-bond donors (Lipinski definition) is 3. The summed E-state index contributed by atoms with van der Waals surface area (Å²) in [5.41, 5.74) is 4.58. The van der Waals surface area contributed by atoms with Gasteiger partial charge < -0.3 is 15.4 Å². The van der Waals surface area contributed by atoms with Crippen LogP contribution < -0.4 is 5.32 Å². The first-order valence-corrected chi connectivity index (χ1v) is 7.60. The molecule has 1 aromatic heterocycles. The molecule has 0 bridgehead atoms. The monoisotopic (exact) mass is 323 g/mol. The van der Waals surface area contributed by atoms with Crippen molar-refractivity contribution in [3.8, 4) is 11.4 Å². The Morgan fingerprint density at radius 1 is 1.12 bits per heavy atom. The molecule has 1 heterocycles. The van der Waals surface area contributed by atoms with Crippen molar-refractivity contribution in [2.24, 2.45) is 0 Å². The highest BCUT2D eigenvalue weighted by Crippen LogP contribution is 2.22. The summed E-state index contributed by atoms with van der Waals surface area (Å²) in [7, 11) is 0. The first-order chi connectivity index (χ1) is 11.5. The van der Waals surface area contributed by atoms with E-state index in [-0.39, 0.29) is 18.7 Å². The molecule has 6 heteroatoms. The summed E-state index contributed by atoms with van der Waals surface area (Å²) >= 11 is 0. The van der Waals surface area contributed by atoms with Crippen molar-refractivity contribution in [3.63, 3.8) is 0 Å². The van der Waals surface area contributed by atoms with E-state index in [1.54, 1.807) is 12.1 Å². The van der Waals surface area contributed by atoms with Gasteiger partial charge >= 0.3 is 5.97 Å². The Labute approximate surface area is 138 Å². The van der Waals surface area contributed by atoms with Gasteiger partial charge in [-0.3, -0.25) is 9.59 Å². The Kier molecular flexibility index (Phi) is 4.29. The van der Waals surface area contributed by atoms with Gasteiger partial charge in [-0.1, -0.05) is 6.07 Å². The molecular weight excluding hydrogens is 306 g/mol. The number of carbonyl (C=O) groups excluding carboxylic acids is 1. The lowest BCUT2D eigenvalue weighted by molar-refractivity contribution is -0.138. The highest BCUT2D eigenvalue weighted by molar-refractivity contribution is 5.92. The van der Waals surface area contributed by atoms with Crippen LogP contribution in [0.3, 0.4) is 0 Å². The van der Waals surface area contributed by atoms with Gasteiger partial charge in [0.25, 0.3) is 0 Å². The number of amides is 1. The number of nitrogens with zero attached hydrogens (tertiary/aromatic N) is 1. The number of nitrogens with one attached hydrogen (secondary N) is 2. The lowest BCUT2D eigenvalue weighted by Gasteiger charge is -2.05. The molecule has 0 spiro atoms. The van der Waals surface area contributed by atoms with E-state index < -0.39 is 5.97 Å². The van der Waals surface area contributed by atoms with Crippen LogP contribution in [0.15, 0.2) is 42.5 Å². The predicted molar refractivity (Wildman–Crippen MR) is 91.8 cm³/mol. The van der Waals surface area contributed by atoms with Gasteiger partial charge in [-0.2, -0.15) is 0 Å². The molecule has 0 fully saturated rings. The number of H-pyrrole nitrogens is 1. The van der Waals surface area contributed by atoms with Crippen LogP contribution >= 0.6 is 0 Å². The van der Waals surface area contributed by atoms with Crippen LogP contribution in [0.25, 0.3) is 22.4 Å². The van der Waals surface area contributed by atoms with E-state index in [1.165, 1.54) is 0 Å². The number of aromatic amines is 1. The second-order valence-corrected chi connectivity index (χ2v) is 5.63. The molecule has 122 valence electrons. The molecular formula is C18H17N3O3. The number of hydrogen-bond acceptors (Lipinski definition) is 3. The van der Waals surface area contributed by atoms with Gasteiger partial charge in [-0.15, -0.1) is 0 Å². The van der Waals surface area contributed by atoms with Gasteiger partial charge in [0, 0.05) is 17.7 Å². The fourth-order valence-electron chi connectivity index (χ4n) is 2.41. The van der Waals surface area contributed by atoms with Crippen LogP contribution in [0, 0.1) is 6.92 Å². The molecule has 1 amide bonds. The third-order valence-corrected chi connectivity index (χ3v) is 3.65. The first-order valence-electron chi connectivity index (χ1n) is 7.60. The molecule has 0 unspecified atom stereocenters. The number of aromatic nitrogens is 2. The first kappa shape index (κ1) is 15.7. The fraction of sp³-hybridized carbons (Fsp3) is 0.167. The number of anilines is 1. The van der Waals surface area contributed by atoms with Crippen LogP contribution in [0.1, 0.15) is 18.4 Å². The van der Waals surface area contributed by atoms with Crippen molar-refractivity contribution in [2.45, 2.75) is 19.8 Å². The predicted octanol–water partition coefficient (Wildman–Crippen LogP) is 3.34. The van der Waals surface area contributed by atoms with Crippen molar-refractivity contribution in [3.05, 3.63) is 48.0 Å². The number of aryl methyl sites for hydroxylation is 1. The summed E-state index contributed by atoms with van der Waals surface area (Å²) in [6.07, 6.45) is -0.220. The maximum atomic E-state index is 11.6. The number of rotatable bonds is 5. The maximum absolute atomic E-state index is 11.6. The number of fused-ring (bicyclic) bond motifs is 1. The summed E-state index contributed by atoms with van der Waals surface area (Å²) in [6, 6.07) is 13.3. The van der Waals surface area contributed by atoms with Crippen molar-refractivity contribution in [1.82, 2.24) is 9.97 Å². The van der Waals surface area contributed by atoms with E-state index in [0.717, 1.165) is 28.0 Å². The zero-order chi connectivity index (χ0) is 17.1. The number of aliphatic carboxylic acids is 1. The van der Waals surface area contributed by atoms with E-state index >= 15 is 0 Å². The number of carbonyl (C=O) groups is 2. The largest absolute Gasteiger partial charge is 0.481 e. The standard InChI is InChI=1S/C18H17N3O3/c1-11-2-7-14-15(10-11)21-18(20-14)12-3-5-13(6-4-12)19-16(22)8-9-17(23)24/h2-7,10H,8-9H2,1H3,(H,19,22)(H,20,21)(H,23,24). The minimum atomic E-state index is -0.986. The summed E-state index contributed by atoms with van der Waals surface area (Å²) in [4.78, 5) is 29.9. The highest BCUT2D eigenvalue weighted by Gasteiger charge is 2.08. The fourth-order valence-corrected chi connectivity index (χ4v) is 2.41. The van der Waals surface area contributed by atoms with Crippen LogP contribution in [0.4, 0.5) is 5.69 Å². The molecule has 0 aliphatic heterocycles. The van der Waals surface area contributed by atoms with E-state index in [9.17, 15) is 9.59 Å². The van der Waals surface area contributed by atoms with E-state index in [1.807, 2.05) is 37.3 Å². The number of carboxylic acid groups (broad SMARTS) is 1. The van der Waals surface area contributed by atoms with Gasteiger partial charge in [-0.25, -0.2) is 4.98 Å². The average molecular weight is 323 g/mol. The summed E-state index contributed by atoms with van der Waals surface area (Å²) in [6.45, 7) is 2.02. The molecule has 3 aromatic rings. The molecule has 6 nitrogen and oxygen atoms in total. The van der Waals surface area contributed by atoms with Gasteiger partial charge in [0.05, 0.1) is 17.5 Å². The maximum Gasteiger partial charge on any atom is 0.303 e. The van der Waals surface area contributed by atoms with Crippen LogP contribution in [-0.4, -0.2) is 27.0 Å². The number of carboxylic acids is 1. The topological polar surface area (TPSA) is 95.1 Å². The third kappa shape index (κ3) is 3.60. The normalized spacial score (nSPS) is 10.7. The van der Waals surface area contributed by atoms with Crippen LogP contribution in [0.5, 0.6) is 0 Å². The summed E-state index contributed by atoms with van der Waals surface area (Å²) < 4.78 is 0. The molecule has 0 aliphatic carbocycles. The van der Waals surface area contributed by atoms with E-state index in [4.69, 9.17) is 5.11 Å². The SMILES string of the molecule is Cc1ccc2[nH]c(-c3ccc(NC(=O)CCC(=O)O)cc3)nc2c1. The average Bonchev–Trinajstić information content (AvgIpc) is 2.96. The Morgan fingerprint density at radius 3 is 2.58 bits per heavy atom. The lowest BCUT2D eigenvalue weighted by atomic mass is 10.2. The van der Waals surface area contributed by atoms with Crippen molar-refractivity contribution in [1.29, 1.82) is 0 Å². The van der Waals surface area contributed by atoms with E-state index in [2.05, 4.69) is 15.3 Å². The Balaban J connectivity index is 1.73. The minimum absolute atomic E-state index is 0.0417. The van der Waals surface area contributed by atoms with Gasteiger partial charge in [0.2, 0.25) is 5.91 Å². The van der Waals surface area contributed by atoms with Crippen molar-refractivity contribution in [2.75, 3.05) is 5.32 Å². The second kappa shape index (κ2) is 6.54. The highest BCUT2D eigenvalue weighted by atomic mass is 16.4. The molecule has 24 heavy (non-hydrogen) atoms. The minimum Gasteiger partial charge on any atom is -0.481 e. The third-order valence-electron chi connectivity index (χ3n) is 3.65. The molecule has 0 atom stereocenters. The zero-order valence-electron chi connectivity index (χ0n) is 13.2. The molecule has 3 rings (SSSR count). The summed E-state index contributed by atoms with van der Waals surface area (Å²) in [5.74, 6) is -0.538. The zero-order valence-corrected chi connectivity index (χ0v) is 13.2. The second-order valence-electron chi connectivity index (χ2n) is 5.63. The Bertz CT molecular complexity index is 898. The number of benzene rings is 2. The lowest BCUT2D eigenvalue weighted by Crippen LogP contribution is -2.13. The van der Waals surface area contributed by atoms with Gasteiger partial charge in [-0.05, 0) is 48.9 Å². The van der Waals surface area contributed by atoms with Crippen LogP contribution in [0.2, 0.25) is 0 Å². The molecule has 0 aliphatic rings. The Hall–Kier alpha value is -3.15. The number of imidazole rings is 1. The summed E-state index contributed by atoms with van der Waals surface area (Å²) in [5, 5.41) is 11.3. The molecule has 0 saturated carbocycles.